The van der Waals surface area contributed by atoms with E-state index in [4.69, 9.17) is 9.47 Å². The highest BCUT2D eigenvalue weighted by Gasteiger charge is 2.04. The average Bonchev–Trinajstić information content (AvgIpc) is 2.58. The molecule has 0 spiro atoms. The summed E-state index contributed by atoms with van der Waals surface area (Å²) in [5, 5.41) is 18.8. The smallest absolute Gasteiger partial charge is 0.319 e. The molecule has 0 aliphatic heterocycles. The summed E-state index contributed by atoms with van der Waals surface area (Å²) in [6.45, 7) is 0. The molecule has 0 fully saturated rings. The van der Waals surface area contributed by atoms with E-state index in [0.717, 1.165) is 0 Å². The second kappa shape index (κ2) is 7.68. The van der Waals surface area contributed by atoms with E-state index in [1.165, 1.54) is 50.8 Å². The number of hydrogen-bond acceptors (Lipinski definition) is 9. The Labute approximate surface area is 137 Å². The summed E-state index contributed by atoms with van der Waals surface area (Å²) in [4.78, 5) is 27.1. The lowest BCUT2D eigenvalue weighted by Crippen LogP contribution is -1.95. The summed E-state index contributed by atoms with van der Waals surface area (Å²) in [7, 11) is 2.72. The van der Waals surface area contributed by atoms with Gasteiger partial charge in [0.1, 0.15) is 0 Å². The van der Waals surface area contributed by atoms with Crippen molar-refractivity contribution in [1.29, 1.82) is 0 Å². The van der Waals surface area contributed by atoms with Crippen LogP contribution in [0.5, 0.6) is 23.5 Å². The van der Waals surface area contributed by atoms with Crippen LogP contribution in [0.15, 0.2) is 24.4 Å². The zero-order chi connectivity index (χ0) is 17.5. The number of nitrogens with zero attached hydrogens (tertiary/aromatic N) is 4. The molecule has 0 aromatic carbocycles. The Morgan fingerprint density at radius 1 is 1.08 bits per heavy atom. The van der Waals surface area contributed by atoms with Crippen molar-refractivity contribution in [2.45, 2.75) is 0 Å². The lowest BCUT2D eigenvalue weighted by Gasteiger charge is -2.01. The van der Waals surface area contributed by atoms with Gasteiger partial charge in [-0.25, -0.2) is 4.98 Å². The van der Waals surface area contributed by atoms with Crippen LogP contribution in [0.1, 0.15) is 11.5 Å². The molecule has 0 unspecified atom stereocenters. The Bertz CT molecular complexity index is 804. The first-order valence-corrected chi connectivity index (χ1v) is 6.64. The number of aromatic hydroxyl groups is 2. The molecule has 0 saturated heterocycles. The largest absolute Gasteiger partial charge is 0.502 e. The fourth-order valence-electron chi connectivity index (χ4n) is 1.59. The Balaban J connectivity index is 2.08. The molecule has 0 radical (unpaired) electrons. The molecule has 2 heterocycles. The quantitative estimate of drug-likeness (QED) is 0.745. The number of carbonyl (C=O) groups excluding carboxylic acids is 1. The van der Waals surface area contributed by atoms with Crippen LogP contribution in [-0.2, 0) is 4.79 Å². The summed E-state index contributed by atoms with van der Waals surface area (Å²) < 4.78 is 9.66. The molecule has 0 aliphatic rings. The van der Waals surface area contributed by atoms with Gasteiger partial charge in [0.15, 0.2) is 17.4 Å². The highest BCUT2D eigenvalue weighted by molar-refractivity contribution is 6.04. The van der Waals surface area contributed by atoms with Crippen molar-refractivity contribution < 1.29 is 24.5 Å². The number of ether oxygens (including phenoxy) is 2. The van der Waals surface area contributed by atoms with E-state index >= 15 is 0 Å². The average molecular weight is 330 g/mol. The van der Waals surface area contributed by atoms with Crippen molar-refractivity contribution in [3.8, 4) is 23.5 Å². The number of rotatable bonds is 6. The van der Waals surface area contributed by atoms with Crippen LogP contribution in [-0.4, -0.2) is 50.2 Å². The molecule has 0 bridgehead atoms. The lowest BCUT2D eigenvalue weighted by atomic mass is 10.2. The zero-order valence-electron chi connectivity index (χ0n) is 12.9. The van der Waals surface area contributed by atoms with Crippen LogP contribution >= 0.6 is 0 Å². The van der Waals surface area contributed by atoms with Gasteiger partial charge in [0.2, 0.25) is 5.88 Å². The monoisotopic (exact) mass is 330 g/mol. The fraction of sp³-hybridized carbons (Fsp3) is 0.133. The SMILES string of the molecule is COc1nc(O)cc(/C=C/C(=O)/C=C/c2ncc(O)c(OC)n2)n1. The topological polar surface area (TPSA) is 128 Å². The Morgan fingerprint density at radius 3 is 2.54 bits per heavy atom. The standard InChI is InChI=1S/C15H14N4O5/c1-23-14-11(21)8-16-12(18-14)6-5-10(20)4-3-9-7-13(22)19-15(17-9)24-2/h3-8,21H,1-2H3,(H,17,19,22)/b4-3+,6-5+. The number of aromatic nitrogens is 4. The highest BCUT2D eigenvalue weighted by Crippen LogP contribution is 2.20. The highest BCUT2D eigenvalue weighted by atomic mass is 16.5. The molecule has 0 aliphatic carbocycles. The van der Waals surface area contributed by atoms with Crippen molar-refractivity contribution in [1.82, 2.24) is 19.9 Å². The molecule has 2 aromatic rings. The molecular weight excluding hydrogens is 316 g/mol. The second-order valence-electron chi connectivity index (χ2n) is 4.33. The molecule has 0 saturated carbocycles. The normalized spacial score (nSPS) is 11.1. The Kier molecular flexibility index (Phi) is 5.40. The zero-order valence-corrected chi connectivity index (χ0v) is 12.9. The van der Waals surface area contributed by atoms with Crippen LogP contribution in [0.25, 0.3) is 12.2 Å². The Morgan fingerprint density at radius 2 is 1.83 bits per heavy atom. The van der Waals surface area contributed by atoms with Crippen LogP contribution in [0.2, 0.25) is 0 Å². The van der Waals surface area contributed by atoms with Crippen molar-refractivity contribution in [2.75, 3.05) is 14.2 Å². The Hall–Kier alpha value is -3.49. The van der Waals surface area contributed by atoms with Gasteiger partial charge in [0.05, 0.1) is 26.1 Å². The van der Waals surface area contributed by atoms with Gasteiger partial charge < -0.3 is 19.7 Å². The number of hydrogen-bond donors (Lipinski definition) is 2. The number of carbonyl (C=O) groups is 1. The van der Waals surface area contributed by atoms with Crippen molar-refractivity contribution in [3.63, 3.8) is 0 Å². The maximum atomic E-state index is 11.8. The molecule has 0 atom stereocenters. The molecule has 9 heteroatoms. The third kappa shape index (κ3) is 4.50. The third-order valence-electron chi connectivity index (χ3n) is 2.66. The first-order chi connectivity index (χ1) is 11.5. The molecule has 9 nitrogen and oxygen atoms in total. The predicted octanol–water partition coefficient (Wildman–Crippen LogP) is 0.991. The molecule has 24 heavy (non-hydrogen) atoms. The molecule has 2 N–H and O–H groups in total. The van der Waals surface area contributed by atoms with E-state index in [0.29, 0.717) is 5.69 Å². The van der Waals surface area contributed by atoms with Crippen LogP contribution in [0.4, 0.5) is 0 Å². The number of allylic oxidation sites excluding steroid dienone is 2. The van der Waals surface area contributed by atoms with Crippen molar-refractivity contribution >= 4 is 17.9 Å². The van der Waals surface area contributed by atoms with Gasteiger partial charge in [0.25, 0.3) is 5.88 Å². The molecule has 2 rings (SSSR count). The molecular formula is C15H14N4O5. The van der Waals surface area contributed by atoms with Gasteiger partial charge in [-0.15, -0.1) is 0 Å². The van der Waals surface area contributed by atoms with Crippen LogP contribution in [0.3, 0.4) is 0 Å². The minimum Gasteiger partial charge on any atom is -0.502 e. The fourth-order valence-corrected chi connectivity index (χ4v) is 1.59. The minimum atomic E-state index is -0.359. The molecule has 124 valence electrons. The van der Waals surface area contributed by atoms with Crippen LogP contribution in [0, 0.1) is 0 Å². The van der Waals surface area contributed by atoms with E-state index in [-0.39, 0.29) is 35.1 Å². The third-order valence-corrected chi connectivity index (χ3v) is 2.66. The van der Waals surface area contributed by atoms with Gasteiger partial charge in [-0.2, -0.15) is 15.0 Å². The van der Waals surface area contributed by atoms with Gasteiger partial charge >= 0.3 is 6.01 Å². The predicted molar refractivity (Wildman–Crippen MR) is 83.6 cm³/mol. The van der Waals surface area contributed by atoms with Gasteiger partial charge in [-0.1, -0.05) is 0 Å². The summed E-state index contributed by atoms with van der Waals surface area (Å²) >= 11 is 0. The van der Waals surface area contributed by atoms with E-state index < -0.39 is 0 Å². The first kappa shape index (κ1) is 16.9. The summed E-state index contributed by atoms with van der Waals surface area (Å²) in [5.41, 5.74) is 0.309. The van der Waals surface area contributed by atoms with Gasteiger partial charge in [0, 0.05) is 6.07 Å². The van der Waals surface area contributed by atoms with E-state index in [2.05, 4.69) is 19.9 Å². The maximum absolute atomic E-state index is 11.8. The first-order valence-electron chi connectivity index (χ1n) is 6.64. The lowest BCUT2D eigenvalue weighted by molar-refractivity contribution is -0.110. The van der Waals surface area contributed by atoms with E-state index in [1.807, 2.05) is 0 Å². The van der Waals surface area contributed by atoms with Gasteiger partial charge in [-0.3, -0.25) is 4.79 Å². The minimum absolute atomic E-state index is 0.0104. The maximum Gasteiger partial charge on any atom is 0.319 e. The number of ketones is 1. The van der Waals surface area contributed by atoms with E-state index in [1.54, 1.807) is 0 Å². The van der Waals surface area contributed by atoms with Crippen LogP contribution < -0.4 is 9.47 Å². The number of methoxy groups -OCH3 is 2. The van der Waals surface area contributed by atoms with Crippen molar-refractivity contribution in [2.24, 2.45) is 0 Å². The molecule has 0 amide bonds. The van der Waals surface area contributed by atoms with Gasteiger partial charge in [-0.05, 0) is 24.3 Å². The summed E-state index contributed by atoms with van der Waals surface area (Å²) in [6, 6.07) is 1.27. The van der Waals surface area contributed by atoms with Crippen molar-refractivity contribution in [3.05, 3.63) is 35.9 Å². The second-order valence-corrected chi connectivity index (χ2v) is 4.33. The summed E-state index contributed by atoms with van der Waals surface area (Å²) in [6.07, 6.45) is 6.42. The van der Waals surface area contributed by atoms with E-state index in [9.17, 15) is 15.0 Å². The molecule has 2 aromatic heterocycles. The summed E-state index contributed by atoms with van der Waals surface area (Å²) in [5.74, 6) is -0.612.